The Hall–Kier alpha value is -1.72. The number of carbonyl (C=O) groups is 1. The van der Waals surface area contributed by atoms with Crippen molar-refractivity contribution in [1.29, 1.82) is 0 Å². The lowest BCUT2D eigenvalue weighted by atomic mass is 9.92. The van der Waals surface area contributed by atoms with E-state index in [2.05, 4.69) is 0 Å². The first kappa shape index (κ1) is 17.6. The van der Waals surface area contributed by atoms with Crippen LogP contribution >= 0.6 is 0 Å². The minimum atomic E-state index is -4.43. The summed E-state index contributed by atoms with van der Waals surface area (Å²) in [6, 6.07) is 3.49. The van der Waals surface area contributed by atoms with Crippen molar-refractivity contribution in [2.75, 3.05) is 4.90 Å². The molecule has 0 radical (unpaired) electrons. The molecule has 1 aromatic carbocycles. The maximum atomic E-state index is 13.0. The number of benzene rings is 1. The van der Waals surface area contributed by atoms with Crippen LogP contribution in [-0.2, 0) is 17.3 Å². The third-order valence-corrected chi connectivity index (χ3v) is 3.94. The van der Waals surface area contributed by atoms with Crippen molar-refractivity contribution >= 4 is 11.8 Å². The van der Waals surface area contributed by atoms with Crippen LogP contribution in [0.3, 0.4) is 0 Å². The van der Waals surface area contributed by atoms with E-state index in [0.29, 0.717) is 12.1 Å². The Balaban J connectivity index is 2.44. The van der Waals surface area contributed by atoms with Crippen LogP contribution < -0.4 is 4.90 Å². The highest BCUT2D eigenvalue weighted by molar-refractivity contribution is 5.90. The fourth-order valence-electron chi connectivity index (χ4n) is 2.94. The molecule has 1 heterocycles. The second-order valence-electron chi connectivity index (χ2n) is 6.12. The SMILES string of the molecule is CCCC1CCc2ccc(C(F)(F)F)cc2N1C(=O)OC(C)C. The normalized spacial score (nSPS) is 18.0. The zero-order chi connectivity index (χ0) is 17.2. The van der Waals surface area contributed by atoms with Crippen molar-refractivity contribution in [2.45, 2.75) is 64.8 Å². The average Bonchev–Trinajstić information content (AvgIpc) is 2.44. The molecule has 0 N–H and O–H groups in total. The van der Waals surface area contributed by atoms with E-state index >= 15 is 0 Å². The lowest BCUT2D eigenvalue weighted by molar-refractivity contribution is -0.137. The second kappa shape index (κ2) is 6.81. The summed E-state index contributed by atoms with van der Waals surface area (Å²) in [4.78, 5) is 13.9. The number of nitrogens with zero attached hydrogens (tertiary/aromatic N) is 1. The molecule has 0 saturated heterocycles. The Labute approximate surface area is 134 Å². The number of amides is 1. The van der Waals surface area contributed by atoms with Crippen LogP contribution in [0.1, 0.15) is 51.2 Å². The first-order valence-corrected chi connectivity index (χ1v) is 7.94. The zero-order valence-electron chi connectivity index (χ0n) is 13.6. The van der Waals surface area contributed by atoms with E-state index in [1.165, 1.54) is 11.0 Å². The van der Waals surface area contributed by atoms with Crippen molar-refractivity contribution in [3.05, 3.63) is 29.3 Å². The predicted molar refractivity (Wildman–Crippen MR) is 82.6 cm³/mol. The first-order chi connectivity index (χ1) is 10.7. The van der Waals surface area contributed by atoms with Crippen LogP contribution in [0.25, 0.3) is 0 Å². The van der Waals surface area contributed by atoms with Gasteiger partial charge in [0.2, 0.25) is 0 Å². The lowest BCUT2D eigenvalue weighted by Gasteiger charge is -2.37. The van der Waals surface area contributed by atoms with Gasteiger partial charge in [0, 0.05) is 6.04 Å². The highest BCUT2D eigenvalue weighted by Crippen LogP contribution is 2.38. The molecule has 3 nitrogen and oxygen atoms in total. The second-order valence-corrected chi connectivity index (χ2v) is 6.12. The number of rotatable bonds is 3. The fourth-order valence-corrected chi connectivity index (χ4v) is 2.94. The molecule has 0 saturated carbocycles. The summed E-state index contributed by atoms with van der Waals surface area (Å²) in [6.45, 7) is 5.45. The molecule has 6 heteroatoms. The molecule has 1 aliphatic rings. The van der Waals surface area contributed by atoms with Gasteiger partial charge in [-0.2, -0.15) is 13.2 Å². The van der Waals surface area contributed by atoms with Crippen molar-refractivity contribution in [3.63, 3.8) is 0 Å². The Bertz CT molecular complexity index is 569. The van der Waals surface area contributed by atoms with Gasteiger partial charge in [0.05, 0.1) is 17.4 Å². The molecule has 1 unspecified atom stereocenters. The molecule has 0 aliphatic carbocycles. The number of ether oxygens (including phenoxy) is 1. The van der Waals surface area contributed by atoms with Crippen LogP contribution in [0.5, 0.6) is 0 Å². The van der Waals surface area contributed by atoms with E-state index in [4.69, 9.17) is 4.74 Å². The van der Waals surface area contributed by atoms with E-state index in [0.717, 1.165) is 37.0 Å². The molecule has 0 aromatic heterocycles. The Morgan fingerprint density at radius 3 is 2.65 bits per heavy atom. The van der Waals surface area contributed by atoms with Gasteiger partial charge >= 0.3 is 12.3 Å². The highest BCUT2D eigenvalue weighted by Gasteiger charge is 2.36. The number of fused-ring (bicyclic) bond motifs is 1. The van der Waals surface area contributed by atoms with Crippen LogP contribution in [0, 0.1) is 0 Å². The van der Waals surface area contributed by atoms with E-state index < -0.39 is 17.8 Å². The van der Waals surface area contributed by atoms with Gasteiger partial charge < -0.3 is 4.74 Å². The molecule has 128 valence electrons. The van der Waals surface area contributed by atoms with Crippen LogP contribution in [-0.4, -0.2) is 18.2 Å². The largest absolute Gasteiger partial charge is 0.446 e. The quantitative estimate of drug-likeness (QED) is 0.765. The lowest BCUT2D eigenvalue weighted by Crippen LogP contribution is -2.45. The summed E-state index contributed by atoms with van der Waals surface area (Å²) >= 11 is 0. The molecule has 0 fully saturated rings. The molecule has 23 heavy (non-hydrogen) atoms. The monoisotopic (exact) mass is 329 g/mol. The van der Waals surface area contributed by atoms with E-state index in [1.54, 1.807) is 13.8 Å². The maximum Gasteiger partial charge on any atom is 0.416 e. The van der Waals surface area contributed by atoms with Crippen molar-refractivity contribution in [3.8, 4) is 0 Å². The number of aryl methyl sites for hydroxylation is 1. The summed E-state index contributed by atoms with van der Waals surface area (Å²) in [5.74, 6) is 0. The molecule has 1 aliphatic heterocycles. The van der Waals surface area contributed by atoms with Gasteiger partial charge in [0.1, 0.15) is 0 Å². The van der Waals surface area contributed by atoms with E-state index in [1.807, 2.05) is 6.92 Å². The molecular weight excluding hydrogens is 307 g/mol. The highest BCUT2D eigenvalue weighted by atomic mass is 19.4. The molecule has 1 atom stereocenters. The summed E-state index contributed by atoms with van der Waals surface area (Å²) in [5.41, 5.74) is 0.344. The average molecular weight is 329 g/mol. The van der Waals surface area contributed by atoms with E-state index in [9.17, 15) is 18.0 Å². The van der Waals surface area contributed by atoms with Gasteiger partial charge in [-0.05, 0) is 50.8 Å². The number of halogens is 3. The molecule has 0 spiro atoms. The summed E-state index contributed by atoms with van der Waals surface area (Å²) in [5, 5.41) is 0. The molecular formula is C17H22F3NO2. The number of hydrogen-bond acceptors (Lipinski definition) is 2. The number of carbonyl (C=O) groups excluding carboxylic acids is 1. The van der Waals surface area contributed by atoms with Crippen molar-refractivity contribution in [1.82, 2.24) is 0 Å². The third kappa shape index (κ3) is 3.98. The minimum Gasteiger partial charge on any atom is -0.446 e. The fraction of sp³-hybridized carbons (Fsp3) is 0.588. The Morgan fingerprint density at radius 1 is 1.39 bits per heavy atom. The molecule has 1 amide bonds. The van der Waals surface area contributed by atoms with Gasteiger partial charge in [-0.3, -0.25) is 4.90 Å². The van der Waals surface area contributed by atoms with Gasteiger partial charge in [0.15, 0.2) is 0 Å². The van der Waals surface area contributed by atoms with Crippen LogP contribution in [0.4, 0.5) is 23.7 Å². The topological polar surface area (TPSA) is 29.5 Å². The summed E-state index contributed by atoms with van der Waals surface area (Å²) in [7, 11) is 0. The summed E-state index contributed by atoms with van der Waals surface area (Å²) in [6.07, 6.45) is -2.32. The predicted octanol–water partition coefficient (Wildman–Crippen LogP) is 5.17. The van der Waals surface area contributed by atoms with Gasteiger partial charge in [0.25, 0.3) is 0 Å². The van der Waals surface area contributed by atoms with Gasteiger partial charge in [-0.1, -0.05) is 19.4 Å². The Kier molecular flexibility index (Phi) is 5.22. The minimum absolute atomic E-state index is 0.123. The third-order valence-electron chi connectivity index (χ3n) is 3.94. The summed E-state index contributed by atoms with van der Waals surface area (Å²) < 4.78 is 44.3. The van der Waals surface area contributed by atoms with Crippen LogP contribution in [0.2, 0.25) is 0 Å². The Morgan fingerprint density at radius 2 is 2.09 bits per heavy atom. The van der Waals surface area contributed by atoms with Crippen molar-refractivity contribution < 1.29 is 22.7 Å². The van der Waals surface area contributed by atoms with Crippen molar-refractivity contribution in [2.24, 2.45) is 0 Å². The standard InChI is InChI=1S/C17H22F3NO2/c1-4-5-14-9-7-12-6-8-13(17(18,19)20)10-15(12)21(14)16(22)23-11(2)3/h6,8,10-11,14H,4-5,7,9H2,1-3H3. The first-order valence-electron chi connectivity index (χ1n) is 7.94. The number of anilines is 1. The molecule has 0 bridgehead atoms. The van der Waals surface area contributed by atoms with E-state index in [-0.39, 0.29) is 12.1 Å². The number of hydrogen-bond donors (Lipinski definition) is 0. The maximum absolute atomic E-state index is 13.0. The smallest absolute Gasteiger partial charge is 0.416 e. The number of alkyl halides is 3. The molecule has 2 rings (SSSR count). The van der Waals surface area contributed by atoms with Crippen LogP contribution in [0.15, 0.2) is 18.2 Å². The van der Waals surface area contributed by atoms with Gasteiger partial charge in [-0.15, -0.1) is 0 Å². The van der Waals surface area contributed by atoms with Gasteiger partial charge in [-0.25, -0.2) is 4.79 Å². The molecule has 1 aromatic rings. The zero-order valence-corrected chi connectivity index (χ0v) is 13.6.